The summed E-state index contributed by atoms with van der Waals surface area (Å²) in [5.41, 5.74) is 0.667. The molecular weight excluding hydrogens is 366 g/mol. The Bertz CT molecular complexity index is 1120. The predicted octanol–water partition coefficient (Wildman–Crippen LogP) is 2.48. The minimum Gasteiger partial charge on any atom is -0.359 e. The first-order valence-electron chi connectivity index (χ1n) is 7.99. The summed E-state index contributed by atoms with van der Waals surface area (Å²) in [7, 11) is 0. The topological polar surface area (TPSA) is 114 Å². The van der Waals surface area contributed by atoms with Crippen LogP contribution < -0.4 is 10.9 Å². The first-order valence-corrected chi connectivity index (χ1v) is 8.87. The van der Waals surface area contributed by atoms with E-state index in [0.29, 0.717) is 23.0 Å². The molecule has 0 fully saturated rings. The normalized spacial score (nSPS) is 10.7. The lowest BCUT2D eigenvalue weighted by Crippen LogP contribution is -2.29. The molecule has 0 saturated carbocycles. The van der Waals surface area contributed by atoms with E-state index in [2.05, 4.69) is 25.4 Å². The largest absolute Gasteiger partial charge is 0.359 e. The number of pyridine rings is 1. The Kier molecular flexibility index (Phi) is 4.58. The third-order valence-electron chi connectivity index (χ3n) is 3.71. The van der Waals surface area contributed by atoms with E-state index in [-0.39, 0.29) is 12.1 Å². The third kappa shape index (κ3) is 3.67. The maximum atomic E-state index is 12.3. The SMILES string of the molecule is O=C(NCc1cc(-c2ccccn2)no1)c1cnc(-c2cccs2)[nH]c1=O. The summed E-state index contributed by atoms with van der Waals surface area (Å²) in [5, 5.41) is 8.43. The molecule has 0 saturated heterocycles. The van der Waals surface area contributed by atoms with E-state index in [1.807, 2.05) is 23.6 Å². The number of aromatic nitrogens is 4. The van der Waals surface area contributed by atoms with Crippen LogP contribution in [0.25, 0.3) is 22.1 Å². The van der Waals surface area contributed by atoms with E-state index < -0.39 is 11.5 Å². The minimum absolute atomic E-state index is 0.0697. The maximum Gasteiger partial charge on any atom is 0.264 e. The van der Waals surface area contributed by atoms with Crippen molar-refractivity contribution >= 4 is 17.2 Å². The van der Waals surface area contributed by atoms with Gasteiger partial charge in [-0.2, -0.15) is 0 Å². The molecule has 4 aromatic rings. The predicted molar refractivity (Wildman–Crippen MR) is 99.1 cm³/mol. The van der Waals surface area contributed by atoms with Gasteiger partial charge in [-0.3, -0.25) is 14.6 Å². The van der Waals surface area contributed by atoms with E-state index in [4.69, 9.17) is 4.52 Å². The summed E-state index contributed by atoms with van der Waals surface area (Å²) in [4.78, 5) is 36.2. The van der Waals surface area contributed by atoms with Gasteiger partial charge in [-0.15, -0.1) is 11.3 Å². The smallest absolute Gasteiger partial charge is 0.264 e. The van der Waals surface area contributed by atoms with Crippen molar-refractivity contribution in [1.29, 1.82) is 0 Å². The quantitative estimate of drug-likeness (QED) is 0.551. The van der Waals surface area contributed by atoms with E-state index in [1.165, 1.54) is 17.5 Å². The molecule has 4 heterocycles. The Balaban J connectivity index is 1.44. The van der Waals surface area contributed by atoms with Crippen molar-refractivity contribution in [2.45, 2.75) is 6.54 Å². The number of hydrogen-bond donors (Lipinski definition) is 2. The van der Waals surface area contributed by atoms with Gasteiger partial charge in [0.05, 0.1) is 17.1 Å². The van der Waals surface area contributed by atoms with Gasteiger partial charge in [0.2, 0.25) is 0 Å². The van der Waals surface area contributed by atoms with Gasteiger partial charge in [0.1, 0.15) is 17.1 Å². The highest BCUT2D eigenvalue weighted by Gasteiger charge is 2.14. The first kappa shape index (κ1) is 16.9. The fourth-order valence-electron chi connectivity index (χ4n) is 2.39. The van der Waals surface area contributed by atoms with Gasteiger partial charge < -0.3 is 14.8 Å². The summed E-state index contributed by atoms with van der Waals surface area (Å²) in [6.45, 7) is 0.0881. The van der Waals surface area contributed by atoms with Crippen LogP contribution in [0, 0.1) is 0 Å². The fraction of sp³-hybridized carbons (Fsp3) is 0.0556. The van der Waals surface area contributed by atoms with Gasteiger partial charge >= 0.3 is 0 Å². The molecule has 0 radical (unpaired) electrons. The summed E-state index contributed by atoms with van der Waals surface area (Å²) in [6, 6.07) is 10.8. The zero-order chi connectivity index (χ0) is 18.6. The van der Waals surface area contributed by atoms with Crippen LogP contribution in [-0.2, 0) is 6.54 Å². The van der Waals surface area contributed by atoms with Crippen molar-refractivity contribution in [3.8, 4) is 22.1 Å². The van der Waals surface area contributed by atoms with Crippen LogP contribution in [0.1, 0.15) is 16.1 Å². The lowest BCUT2D eigenvalue weighted by molar-refractivity contribution is 0.0945. The second-order valence-corrected chi connectivity index (χ2v) is 6.48. The van der Waals surface area contributed by atoms with E-state index >= 15 is 0 Å². The molecular formula is C18H13N5O3S. The van der Waals surface area contributed by atoms with Crippen molar-refractivity contribution < 1.29 is 9.32 Å². The van der Waals surface area contributed by atoms with Crippen LogP contribution in [-0.4, -0.2) is 26.0 Å². The van der Waals surface area contributed by atoms with Crippen LogP contribution in [0.3, 0.4) is 0 Å². The Morgan fingerprint density at radius 2 is 2.11 bits per heavy atom. The zero-order valence-electron chi connectivity index (χ0n) is 13.9. The number of aromatic amines is 1. The molecule has 27 heavy (non-hydrogen) atoms. The molecule has 0 unspecified atom stereocenters. The molecule has 0 aliphatic heterocycles. The molecule has 1 amide bonds. The summed E-state index contributed by atoms with van der Waals surface area (Å²) in [5.74, 6) is 0.336. The highest BCUT2D eigenvalue weighted by atomic mass is 32.1. The molecule has 4 rings (SSSR count). The van der Waals surface area contributed by atoms with Gasteiger partial charge in [-0.25, -0.2) is 4.98 Å². The second kappa shape index (κ2) is 7.34. The maximum absolute atomic E-state index is 12.3. The zero-order valence-corrected chi connectivity index (χ0v) is 14.7. The minimum atomic E-state index is -0.544. The molecule has 8 nitrogen and oxygen atoms in total. The standard InChI is InChI=1S/C18H13N5O3S/c24-17(12-10-20-16(22-18(12)25)15-5-3-7-27-15)21-9-11-8-14(23-26-11)13-4-1-2-6-19-13/h1-8,10H,9H2,(H,21,24)(H,20,22,25). The van der Waals surface area contributed by atoms with Crippen LogP contribution >= 0.6 is 11.3 Å². The van der Waals surface area contributed by atoms with Gasteiger partial charge in [0, 0.05) is 18.5 Å². The molecule has 0 bridgehead atoms. The lowest BCUT2D eigenvalue weighted by Gasteiger charge is -2.03. The van der Waals surface area contributed by atoms with E-state index in [9.17, 15) is 9.59 Å². The Labute approximate surface area is 156 Å². The number of nitrogens with one attached hydrogen (secondary N) is 2. The van der Waals surface area contributed by atoms with Crippen molar-refractivity contribution in [1.82, 2.24) is 25.4 Å². The lowest BCUT2D eigenvalue weighted by atomic mass is 10.2. The highest BCUT2D eigenvalue weighted by molar-refractivity contribution is 7.13. The second-order valence-electron chi connectivity index (χ2n) is 5.53. The molecule has 0 aliphatic carbocycles. The fourth-order valence-corrected chi connectivity index (χ4v) is 3.07. The number of H-pyrrole nitrogens is 1. The van der Waals surface area contributed by atoms with Crippen LogP contribution in [0.5, 0.6) is 0 Å². The average Bonchev–Trinajstić information content (AvgIpc) is 3.39. The summed E-state index contributed by atoms with van der Waals surface area (Å²) in [6.07, 6.45) is 2.92. The monoisotopic (exact) mass is 379 g/mol. The number of hydrogen-bond acceptors (Lipinski definition) is 7. The number of nitrogens with zero attached hydrogens (tertiary/aromatic N) is 3. The molecule has 2 N–H and O–H groups in total. The third-order valence-corrected chi connectivity index (χ3v) is 4.58. The Morgan fingerprint density at radius 1 is 1.19 bits per heavy atom. The average molecular weight is 379 g/mol. The van der Waals surface area contributed by atoms with Gasteiger partial charge in [-0.1, -0.05) is 17.3 Å². The van der Waals surface area contributed by atoms with Crippen LogP contribution in [0.4, 0.5) is 0 Å². The summed E-state index contributed by atoms with van der Waals surface area (Å²) >= 11 is 1.45. The molecule has 0 spiro atoms. The molecule has 0 aliphatic rings. The van der Waals surface area contributed by atoms with Gasteiger partial charge in [0.15, 0.2) is 5.76 Å². The van der Waals surface area contributed by atoms with Crippen LogP contribution in [0.2, 0.25) is 0 Å². The van der Waals surface area contributed by atoms with Gasteiger partial charge in [0.25, 0.3) is 11.5 Å². The Hall–Kier alpha value is -3.59. The summed E-state index contributed by atoms with van der Waals surface area (Å²) < 4.78 is 5.20. The molecule has 0 aromatic carbocycles. The number of rotatable bonds is 5. The molecule has 4 aromatic heterocycles. The first-order chi connectivity index (χ1) is 13.2. The van der Waals surface area contributed by atoms with Crippen molar-refractivity contribution in [2.75, 3.05) is 0 Å². The molecule has 0 atom stereocenters. The van der Waals surface area contributed by atoms with E-state index in [1.54, 1.807) is 24.4 Å². The van der Waals surface area contributed by atoms with Crippen LogP contribution in [0.15, 0.2) is 63.5 Å². The Morgan fingerprint density at radius 3 is 2.85 bits per heavy atom. The molecule has 134 valence electrons. The number of carbonyl (C=O) groups is 1. The number of carbonyl (C=O) groups excluding carboxylic acids is 1. The molecule has 9 heteroatoms. The number of thiophene rings is 1. The number of amides is 1. The van der Waals surface area contributed by atoms with Crippen molar-refractivity contribution in [3.63, 3.8) is 0 Å². The highest BCUT2D eigenvalue weighted by Crippen LogP contribution is 2.19. The van der Waals surface area contributed by atoms with E-state index in [0.717, 1.165) is 4.88 Å². The van der Waals surface area contributed by atoms with Crippen molar-refractivity contribution in [2.24, 2.45) is 0 Å². The van der Waals surface area contributed by atoms with Crippen molar-refractivity contribution in [3.05, 3.63) is 75.8 Å². The van der Waals surface area contributed by atoms with Gasteiger partial charge in [-0.05, 0) is 23.6 Å².